The maximum Gasteiger partial charge on any atom is 0.264 e. The van der Waals surface area contributed by atoms with E-state index in [1.54, 1.807) is 19.1 Å². The van der Waals surface area contributed by atoms with Gasteiger partial charge in [0.2, 0.25) is 11.8 Å². The van der Waals surface area contributed by atoms with Crippen molar-refractivity contribution in [1.82, 2.24) is 10.2 Å². The number of rotatable bonds is 11. The number of hydrogen-bond acceptors (Lipinski definition) is 4. The second-order valence-corrected chi connectivity index (χ2v) is 12.6. The van der Waals surface area contributed by atoms with Crippen LogP contribution in [0.25, 0.3) is 0 Å². The quantitative estimate of drug-likeness (QED) is 0.285. The van der Waals surface area contributed by atoms with E-state index in [0.717, 1.165) is 27.4 Å². The van der Waals surface area contributed by atoms with Gasteiger partial charge in [-0.05, 0) is 75.6 Å². The number of benzene rings is 3. The molecule has 0 spiro atoms. The second kappa shape index (κ2) is 13.5. The van der Waals surface area contributed by atoms with Crippen molar-refractivity contribution >= 4 is 50.7 Å². The third-order valence-corrected chi connectivity index (χ3v) is 9.02. The zero-order valence-corrected chi connectivity index (χ0v) is 25.6. The van der Waals surface area contributed by atoms with E-state index in [-0.39, 0.29) is 39.1 Å². The minimum atomic E-state index is -4.21. The number of anilines is 1. The number of sulfonamides is 1. The lowest BCUT2D eigenvalue weighted by molar-refractivity contribution is -0.139. The molecule has 0 fully saturated rings. The number of aryl methyl sites for hydroxylation is 2. The van der Waals surface area contributed by atoms with Gasteiger partial charge in [0, 0.05) is 22.6 Å². The standard InChI is InChI=1S/C30H35Cl2N3O4S/c1-6-22(4)33-30(37)23(5)34(18-24-10-8-7-9-21(24)3)29(36)19-35(27-16-25(31)15-26(32)17-27)40(38,39)28-13-11-20(2)12-14-28/h7-17,22-23H,6,18-19H2,1-5H3,(H,33,37)/t22-,23+/m1/s1. The van der Waals surface area contributed by atoms with E-state index in [9.17, 15) is 18.0 Å². The highest BCUT2D eigenvalue weighted by atomic mass is 35.5. The minimum Gasteiger partial charge on any atom is -0.352 e. The summed E-state index contributed by atoms with van der Waals surface area (Å²) in [7, 11) is -4.21. The Hall–Kier alpha value is -3.07. The van der Waals surface area contributed by atoms with Crippen molar-refractivity contribution in [3.8, 4) is 0 Å². The van der Waals surface area contributed by atoms with Gasteiger partial charge in [-0.2, -0.15) is 0 Å². The van der Waals surface area contributed by atoms with Crippen molar-refractivity contribution in [2.45, 2.75) is 64.6 Å². The third-order valence-electron chi connectivity index (χ3n) is 6.79. The third kappa shape index (κ3) is 7.77. The predicted molar refractivity (Wildman–Crippen MR) is 161 cm³/mol. The average Bonchev–Trinajstić information content (AvgIpc) is 2.90. The van der Waals surface area contributed by atoms with E-state index >= 15 is 0 Å². The topological polar surface area (TPSA) is 86.8 Å². The number of carbonyl (C=O) groups excluding carboxylic acids is 2. The maximum atomic E-state index is 14.0. The van der Waals surface area contributed by atoms with Gasteiger partial charge in [-0.15, -0.1) is 0 Å². The van der Waals surface area contributed by atoms with Crippen LogP contribution in [0.5, 0.6) is 0 Å². The second-order valence-electron chi connectivity index (χ2n) is 9.89. The van der Waals surface area contributed by atoms with Crippen molar-refractivity contribution in [2.75, 3.05) is 10.8 Å². The Bertz CT molecular complexity index is 1440. The van der Waals surface area contributed by atoms with Gasteiger partial charge >= 0.3 is 0 Å². The number of hydrogen-bond donors (Lipinski definition) is 1. The van der Waals surface area contributed by atoms with Crippen molar-refractivity contribution < 1.29 is 18.0 Å². The molecule has 3 aromatic rings. The zero-order chi connectivity index (χ0) is 29.6. The fraction of sp³-hybridized carbons (Fsp3) is 0.333. The molecule has 10 heteroatoms. The predicted octanol–water partition coefficient (Wildman–Crippen LogP) is 6.14. The molecule has 0 bridgehead atoms. The van der Waals surface area contributed by atoms with Gasteiger partial charge in [0.25, 0.3) is 10.0 Å². The van der Waals surface area contributed by atoms with Crippen LogP contribution in [0.4, 0.5) is 5.69 Å². The molecule has 3 rings (SSSR count). The normalized spacial score (nSPS) is 12.9. The molecule has 1 N–H and O–H groups in total. The molecule has 0 saturated heterocycles. The van der Waals surface area contributed by atoms with Gasteiger partial charge in [-0.1, -0.05) is 72.1 Å². The molecule has 2 amide bonds. The summed E-state index contributed by atoms with van der Waals surface area (Å²) in [5.74, 6) is -0.878. The Morgan fingerprint density at radius 1 is 0.925 bits per heavy atom. The van der Waals surface area contributed by atoms with E-state index in [4.69, 9.17) is 23.2 Å². The molecule has 0 unspecified atom stereocenters. The highest BCUT2D eigenvalue weighted by Gasteiger charge is 2.33. The molecular formula is C30H35Cl2N3O4S. The Morgan fingerprint density at radius 2 is 1.52 bits per heavy atom. The van der Waals surface area contributed by atoms with Gasteiger partial charge in [-0.25, -0.2) is 8.42 Å². The Labute approximate surface area is 247 Å². The van der Waals surface area contributed by atoms with Crippen molar-refractivity contribution in [2.24, 2.45) is 0 Å². The van der Waals surface area contributed by atoms with Crippen molar-refractivity contribution in [3.05, 3.63) is 93.5 Å². The zero-order valence-electron chi connectivity index (χ0n) is 23.3. The van der Waals surface area contributed by atoms with E-state index < -0.39 is 28.5 Å². The Morgan fingerprint density at radius 3 is 2.10 bits per heavy atom. The molecular weight excluding hydrogens is 569 g/mol. The van der Waals surface area contributed by atoms with Gasteiger partial charge in [-0.3, -0.25) is 13.9 Å². The van der Waals surface area contributed by atoms with Crippen LogP contribution in [-0.2, 0) is 26.2 Å². The van der Waals surface area contributed by atoms with Crippen LogP contribution < -0.4 is 9.62 Å². The molecule has 0 aliphatic carbocycles. The molecule has 40 heavy (non-hydrogen) atoms. The SMILES string of the molecule is CC[C@@H](C)NC(=O)[C@H](C)N(Cc1ccccc1C)C(=O)CN(c1cc(Cl)cc(Cl)c1)S(=O)(=O)c1ccc(C)cc1. The summed E-state index contributed by atoms with van der Waals surface area (Å²) in [4.78, 5) is 28.6. The van der Waals surface area contributed by atoms with E-state index in [0.29, 0.717) is 0 Å². The van der Waals surface area contributed by atoms with Crippen molar-refractivity contribution in [3.63, 3.8) is 0 Å². The summed E-state index contributed by atoms with van der Waals surface area (Å²) in [6, 6.07) is 17.3. The molecule has 0 aliphatic rings. The summed E-state index contributed by atoms with van der Waals surface area (Å²) in [5, 5.41) is 3.37. The molecule has 0 heterocycles. The van der Waals surface area contributed by atoms with Crippen molar-refractivity contribution in [1.29, 1.82) is 0 Å². The summed E-state index contributed by atoms with van der Waals surface area (Å²) in [6.45, 7) is 8.80. The summed E-state index contributed by atoms with van der Waals surface area (Å²) < 4.78 is 28.8. The van der Waals surface area contributed by atoms with E-state index in [2.05, 4.69) is 5.32 Å². The lowest BCUT2D eigenvalue weighted by Crippen LogP contribution is -2.52. The summed E-state index contributed by atoms with van der Waals surface area (Å²) >= 11 is 12.5. The van der Waals surface area contributed by atoms with Gasteiger partial charge in [0.05, 0.1) is 10.6 Å². The first-order chi connectivity index (χ1) is 18.8. The highest BCUT2D eigenvalue weighted by molar-refractivity contribution is 7.92. The van der Waals surface area contributed by atoms with Crippen LogP contribution in [0.1, 0.15) is 43.9 Å². The molecule has 0 saturated carbocycles. The summed E-state index contributed by atoms with van der Waals surface area (Å²) in [6.07, 6.45) is 0.725. The van der Waals surface area contributed by atoms with E-state index in [1.807, 2.05) is 52.0 Å². The maximum absolute atomic E-state index is 14.0. The highest BCUT2D eigenvalue weighted by Crippen LogP contribution is 2.30. The smallest absolute Gasteiger partial charge is 0.264 e. The van der Waals surface area contributed by atoms with Crippen LogP contribution in [-0.4, -0.2) is 43.8 Å². The number of amides is 2. The van der Waals surface area contributed by atoms with E-state index in [1.165, 1.54) is 35.2 Å². The van der Waals surface area contributed by atoms with Crippen LogP contribution in [0, 0.1) is 13.8 Å². The van der Waals surface area contributed by atoms with Gasteiger partial charge < -0.3 is 10.2 Å². The van der Waals surface area contributed by atoms with Crippen LogP contribution in [0.3, 0.4) is 0 Å². The van der Waals surface area contributed by atoms with Gasteiger partial charge in [0.1, 0.15) is 12.6 Å². The fourth-order valence-corrected chi connectivity index (χ4v) is 5.98. The lowest BCUT2D eigenvalue weighted by atomic mass is 10.1. The van der Waals surface area contributed by atoms with Crippen LogP contribution in [0.15, 0.2) is 71.6 Å². The largest absolute Gasteiger partial charge is 0.352 e. The Balaban J connectivity index is 2.07. The molecule has 3 aromatic carbocycles. The molecule has 2 atom stereocenters. The first-order valence-electron chi connectivity index (χ1n) is 13.0. The molecule has 7 nitrogen and oxygen atoms in total. The molecule has 0 aromatic heterocycles. The van der Waals surface area contributed by atoms with Crippen LogP contribution >= 0.6 is 23.2 Å². The molecule has 0 aliphatic heterocycles. The molecule has 0 radical (unpaired) electrons. The monoisotopic (exact) mass is 603 g/mol. The fourth-order valence-electron chi connectivity index (χ4n) is 4.07. The minimum absolute atomic E-state index is 0.00927. The number of carbonyl (C=O) groups is 2. The summed E-state index contributed by atoms with van der Waals surface area (Å²) in [5.41, 5.74) is 2.82. The first kappa shape index (κ1) is 31.5. The van der Waals surface area contributed by atoms with Crippen LogP contribution in [0.2, 0.25) is 10.0 Å². The first-order valence-corrected chi connectivity index (χ1v) is 15.2. The molecule has 214 valence electrons. The number of nitrogens with zero attached hydrogens (tertiary/aromatic N) is 2. The number of halogens is 2. The number of nitrogens with one attached hydrogen (secondary N) is 1. The van der Waals surface area contributed by atoms with Gasteiger partial charge in [0.15, 0.2) is 0 Å². The lowest BCUT2D eigenvalue weighted by Gasteiger charge is -2.33. The average molecular weight is 605 g/mol. The Kier molecular flexibility index (Phi) is 10.6.